The highest BCUT2D eigenvalue weighted by molar-refractivity contribution is 5.79. The number of hydrazine groups is 1. The highest BCUT2D eigenvalue weighted by atomic mass is 16.5. The van der Waals surface area contributed by atoms with E-state index in [9.17, 15) is 4.79 Å². The maximum absolute atomic E-state index is 11.4. The summed E-state index contributed by atoms with van der Waals surface area (Å²) < 4.78 is 5.84. The third-order valence-corrected chi connectivity index (χ3v) is 4.18. The minimum Gasteiger partial charge on any atom is -0.365 e. The molecular weight excluding hydrogens is 230 g/mol. The molecule has 1 amide bonds. The Kier molecular flexibility index (Phi) is 4.41. The molecule has 0 aromatic rings. The van der Waals surface area contributed by atoms with Gasteiger partial charge in [-0.25, -0.2) is 5.84 Å². The molecule has 5 heteroatoms. The van der Waals surface area contributed by atoms with Crippen molar-refractivity contribution in [3.8, 4) is 0 Å². The number of nitrogens with one attached hydrogen (secondary N) is 1. The molecule has 1 rings (SSSR count). The molecule has 18 heavy (non-hydrogen) atoms. The van der Waals surface area contributed by atoms with Crippen molar-refractivity contribution in [3.05, 3.63) is 0 Å². The van der Waals surface area contributed by atoms with Crippen molar-refractivity contribution in [3.63, 3.8) is 0 Å². The van der Waals surface area contributed by atoms with E-state index in [2.05, 4.69) is 45.1 Å². The van der Waals surface area contributed by atoms with Crippen molar-refractivity contribution < 1.29 is 9.53 Å². The number of rotatable bonds is 3. The van der Waals surface area contributed by atoms with Crippen LogP contribution in [0.25, 0.3) is 0 Å². The van der Waals surface area contributed by atoms with Gasteiger partial charge in [-0.05, 0) is 54.5 Å². The van der Waals surface area contributed by atoms with Crippen LogP contribution in [0.3, 0.4) is 0 Å². The minimum atomic E-state index is -0.505. The largest absolute Gasteiger partial charge is 0.365 e. The Labute approximate surface area is 110 Å². The van der Waals surface area contributed by atoms with E-state index in [0.29, 0.717) is 0 Å². The van der Waals surface area contributed by atoms with Gasteiger partial charge >= 0.3 is 0 Å². The van der Waals surface area contributed by atoms with Gasteiger partial charge in [-0.2, -0.15) is 0 Å². The van der Waals surface area contributed by atoms with Crippen LogP contribution in [-0.2, 0) is 9.53 Å². The van der Waals surface area contributed by atoms with Crippen molar-refractivity contribution in [2.24, 2.45) is 5.84 Å². The summed E-state index contributed by atoms with van der Waals surface area (Å²) in [5.41, 5.74) is 2.25. The Hall–Kier alpha value is -0.650. The highest BCUT2D eigenvalue weighted by Gasteiger charge is 2.44. The van der Waals surface area contributed by atoms with Gasteiger partial charge in [0.25, 0.3) is 5.91 Å². The molecular formula is C13H27N3O2. The van der Waals surface area contributed by atoms with E-state index in [1.54, 1.807) is 6.92 Å². The number of carbonyl (C=O) groups is 1. The van der Waals surface area contributed by atoms with E-state index in [0.717, 1.165) is 12.8 Å². The number of hydrogen-bond donors (Lipinski definition) is 2. The maximum atomic E-state index is 11.4. The molecule has 0 aromatic carbocycles. The van der Waals surface area contributed by atoms with Gasteiger partial charge in [0, 0.05) is 11.1 Å². The molecule has 3 N–H and O–H groups in total. The smallest absolute Gasteiger partial charge is 0.262 e. The van der Waals surface area contributed by atoms with E-state index >= 15 is 0 Å². The number of carbonyl (C=O) groups excluding carboxylic acids is 1. The van der Waals surface area contributed by atoms with Gasteiger partial charge < -0.3 is 4.74 Å². The molecule has 106 valence electrons. The van der Waals surface area contributed by atoms with E-state index in [4.69, 9.17) is 10.6 Å². The van der Waals surface area contributed by atoms with Crippen molar-refractivity contribution in [1.82, 2.24) is 10.3 Å². The van der Waals surface area contributed by atoms with Crippen molar-refractivity contribution >= 4 is 5.91 Å². The fourth-order valence-electron chi connectivity index (χ4n) is 2.84. The monoisotopic (exact) mass is 257 g/mol. The zero-order valence-electron chi connectivity index (χ0n) is 12.4. The zero-order chi connectivity index (χ0) is 14.1. The van der Waals surface area contributed by atoms with Gasteiger partial charge in [-0.15, -0.1) is 0 Å². The molecule has 1 saturated heterocycles. The Morgan fingerprint density at radius 2 is 1.78 bits per heavy atom. The first-order chi connectivity index (χ1) is 8.10. The number of hydrogen-bond acceptors (Lipinski definition) is 4. The fourth-order valence-corrected chi connectivity index (χ4v) is 2.84. The summed E-state index contributed by atoms with van der Waals surface area (Å²) in [5, 5.41) is 0. The topological polar surface area (TPSA) is 67.6 Å². The average molecular weight is 257 g/mol. The Morgan fingerprint density at radius 3 is 2.17 bits per heavy atom. The summed E-state index contributed by atoms with van der Waals surface area (Å²) in [5.74, 6) is 4.85. The first-order valence-corrected chi connectivity index (χ1v) is 6.50. The molecule has 1 aliphatic heterocycles. The summed E-state index contributed by atoms with van der Waals surface area (Å²) in [7, 11) is 2.15. The molecule has 1 unspecified atom stereocenters. The number of piperidine rings is 1. The van der Waals surface area contributed by atoms with Crippen LogP contribution in [0.15, 0.2) is 0 Å². The lowest BCUT2D eigenvalue weighted by molar-refractivity contribution is -0.146. The van der Waals surface area contributed by atoms with Gasteiger partial charge in [0.1, 0.15) is 6.10 Å². The molecule has 0 aromatic heterocycles. The Bertz CT molecular complexity index is 297. The van der Waals surface area contributed by atoms with Gasteiger partial charge in [0.15, 0.2) is 0 Å². The molecule has 0 radical (unpaired) electrons. The molecule has 0 bridgehead atoms. The number of nitrogens with zero attached hydrogens (tertiary/aromatic N) is 1. The first kappa shape index (κ1) is 15.4. The second-order valence-electron chi connectivity index (χ2n) is 6.50. The van der Waals surface area contributed by atoms with Crippen molar-refractivity contribution in [1.29, 1.82) is 0 Å². The standard InChI is InChI=1S/C13H27N3O2/c1-9(11(17)15-14)18-10-7-12(2,3)16(6)13(4,5)8-10/h9-10H,7-8,14H2,1-6H3,(H,15,17). The van der Waals surface area contributed by atoms with Crippen LogP contribution in [0.2, 0.25) is 0 Å². The molecule has 0 spiro atoms. The first-order valence-electron chi connectivity index (χ1n) is 6.50. The predicted octanol–water partition coefficient (Wildman–Crippen LogP) is 1.03. The summed E-state index contributed by atoms with van der Waals surface area (Å²) in [6.07, 6.45) is 1.40. The lowest BCUT2D eigenvalue weighted by Crippen LogP contribution is -2.60. The van der Waals surface area contributed by atoms with E-state index in [1.165, 1.54) is 0 Å². The Balaban J connectivity index is 2.72. The average Bonchev–Trinajstić information content (AvgIpc) is 2.23. The predicted molar refractivity (Wildman–Crippen MR) is 71.8 cm³/mol. The number of likely N-dealkylation sites (tertiary alicyclic amines) is 1. The molecule has 1 atom stereocenters. The lowest BCUT2D eigenvalue weighted by Gasteiger charge is -2.53. The fraction of sp³-hybridized carbons (Fsp3) is 0.923. The molecule has 5 nitrogen and oxygen atoms in total. The van der Waals surface area contributed by atoms with Crippen LogP contribution in [0.1, 0.15) is 47.5 Å². The van der Waals surface area contributed by atoms with Crippen LogP contribution in [0, 0.1) is 0 Å². The van der Waals surface area contributed by atoms with E-state index < -0.39 is 6.10 Å². The number of amides is 1. The van der Waals surface area contributed by atoms with Crippen LogP contribution in [-0.4, -0.2) is 41.1 Å². The van der Waals surface area contributed by atoms with Gasteiger partial charge in [0.05, 0.1) is 6.10 Å². The third kappa shape index (κ3) is 3.22. The SMILES string of the molecule is CC(OC1CC(C)(C)N(C)C(C)(C)C1)C(=O)NN. The Morgan fingerprint density at radius 1 is 1.33 bits per heavy atom. The van der Waals surface area contributed by atoms with Crippen LogP contribution in [0.5, 0.6) is 0 Å². The van der Waals surface area contributed by atoms with E-state index in [-0.39, 0.29) is 23.1 Å². The minimum absolute atomic E-state index is 0.0608. The summed E-state index contributed by atoms with van der Waals surface area (Å²) in [4.78, 5) is 13.8. The van der Waals surface area contributed by atoms with Gasteiger partial charge in [-0.1, -0.05) is 0 Å². The van der Waals surface area contributed by atoms with Crippen molar-refractivity contribution in [2.45, 2.75) is 70.7 Å². The molecule has 1 heterocycles. The maximum Gasteiger partial charge on any atom is 0.262 e. The molecule has 1 aliphatic rings. The molecule has 0 saturated carbocycles. The zero-order valence-corrected chi connectivity index (χ0v) is 12.4. The molecule has 0 aliphatic carbocycles. The molecule has 1 fully saturated rings. The number of ether oxygens (including phenoxy) is 1. The second-order valence-corrected chi connectivity index (χ2v) is 6.50. The van der Waals surface area contributed by atoms with Gasteiger partial charge in [0.2, 0.25) is 0 Å². The lowest BCUT2D eigenvalue weighted by atomic mass is 9.78. The third-order valence-electron chi connectivity index (χ3n) is 4.18. The highest BCUT2D eigenvalue weighted by Crippen LogP contribution is 2.38. The summed E-state index contributed by atoms with van der Waals surface area (Å²) in [6, 6.07) is 0. The van der Waals surface area contributed by atoms with Crippen molar-refractivity contribution in [2.75, 3.05) is 7.05 Å². The quantitative estimate of drug-likeness (QED) is 0.450. The normalized spacial score (nSPS) is 25.7. The second kappa shape index (κ2) is 5.15. The summed E-state index contributed by atoms with van der Waals surface area (Å²) >= 11 is 0. The number of nitrogens with two attached hydrogens (primary N) is 1. The van der Waals surface area contributed by atoms with E-state index in [1.807, 2.05) is 0 Å². The van der Waals surface area contributed by atoms with Crippen LogP contribution < -0.4 is 11.3 Å². The summed E-state index contributed by atoms with van der Waals surface area (Å²) in [6.45, 7) is 10.6. The van der Waals surface area contributed by atoms with Gasteiger partial charge in [-0.3, -0.25) is 15.1 Å². The van der Waals surface area contributed by atoms with Crippen LogP contribution >= 0.6 is 0 Å². The van der Waals surface area contributed by atoms with Crippen LogP contribution in [0.4, 0.5) is 0 Å².